The molecule has 1 unspecified atom stereocenters. The highest BCUT2D eigenvalue weighted by atomic mass is 32.2. The molecule has 2 amide bonds. The third-order valence-electron chi connectivity index (χ3n) is 2.15. The summed E-state index contributed by atoms with van der Waals surface area (Å²) in [5, 5.41) is 14.0. The summed E-state index contributed by atoms with van der Waals surface area (Å²) in [4.78, 5) is 33.0. The molecule has 0 heterocycles. The van der Waals surface area contributed by atoms with Crippen molar-refractivity contribution in [2.24, 2.45) is 0 Å². The van der Waals surface area contributed by atoms with Crippen molar-refractivity contribution in [1.29, 1.82) is 0 Å². The Kier molecular flexibility index (Phi) is 9.03. The van der Waals surface area contributed by atoms with Crippen molar-refractivity contribution in [3.63, 3.8) is 0 Å². The standard InChI is InChI=1S/C12H22N2O4S/c1-8(2)13-11(16)5-7-19-6-4-10(12(17)18)14-9(3)15/h8,10H,4-7H2,1-3H3,(H,13,16)(H,14,15)(H,17,18). The van der Waals surface area contributed by atoms with E-state index in [1.807, 2.05) is 13.8 Å². The Hall–Kier alpha value is -1.24. The quantitative estimate of drug-likeness (QED) is 0.541. The van der Waals surface area contributed by atoms with Crippen LogP contribution >= 0.6 is 11.8 Å². The average molecular weight is 290 g/mol. The summed E-state index contributed by atoms with van der Waals surface area (Å²) < 4.78 is 0. The van der Waals surface area contributed by atoms with Gasteiger partial charge >= 0.3 is 5.97 Å². The summed E-state index contributed by atoms with van der Waals surface area (Å²) in [6.45, 7) is 5.09. The molecule has 0 spiro atoms. The van der Waals surface area contributed by atoms with Gasteiger partial charge in [0.25, 0.3) is 0 Å². The van der Waals surface area contributed by atoms with Crippen LogP contribution < -0.4 is 10.6 Å². The predicted molar refractivity (Wildman–Crippen MR) is 75.1 cm³/mol. The highest BCUT2D eigenvalue weighted by molar-refractivity contribution is 7.99. The Morgan fingerprint density at radius 1 is 1.16 bits per heavy atom. The second kappa shape index (κ2) is 9.66. The number of hydrogen-bond acceptors (Lipinski definition) is 4. The summed E-state index contributed by atoms with van der Waals surface area (Å²) in [7, 11) is 0. The van der Waals surface area contributed by atoms with Gasteiger partial charge in [0.15, 0.2) is 0 Å². The van der Waals surface area contributed by atoms with Gasteiger partial charge in [0, 0.05) is 25.1 Å². The minimum Gasteiger partial charge on any atom is -0.480 e. The highest BCUT2D eigenvalue weighted by Gasteiger charge is 2.17. The Morgan fingerprint density at radius 2 is 1.79 bits per heavy atom. The zero-order chi connectivity index (χ0) is 14.8. The molecule has 0 aliphatic rings. The second-order valence-corrected chi connectivity index (χ2v) is 5.69. The molecule has 0 saturated heterocycles. The first-order valence-corrected chi connectivity index (χ1v) is 7.35. The number of rotatable bonds is 9. The molecular formula is C12H22N2O4S. The normalized spacial score (nSPS) is 12.0. The largest absolute Gasteiger partial charge is 0.480 e. The van der Waals surface area contributed by atoms with E-state index in [-0.39, 0.29) is 17.9 Å². The van der Waals surface area contributed by atoms with E-state index in [0.717, 1.165) is 0 Å². The van der Waals surface area contributed by atoms with Crippen LogP contribution in [0.1, 0.15) is 33.6 Å². The first kappa shape index (κ1) is 17.8. The molecule has 0 saturated carbocycles. The lowest BCUT2D eigenvalue weighted by Gasteiger charge is -2.12. The van der Waals surface area contributed by atoms with Crippen molar-refractivity contribution in [2.75, 3.05) is 11.5 Å². The molecule has 0 aromatic heterocycles. The van der Waals surface area contributed by atoms with Crippen LogP contribution in [0.15, 0.2) is 0 Å². The van der Waals surface area contributed by atoms with Crippen molar-refractivity contribution in [1.82, 2.24) is 10.6 Å². The summed E-state index contributed by atoms with van der Waals surface area (Å²) in [6, 6.07) is -0.719. The minimum absolute atomic E-state index is 0.000791. The first-order chi connectivity index (χ1) is 8.82. The number of nitrogens with one attached hydrogen (secondary N) is 2. The number of carbonyl (C=O) groups excluding carboxylic acids is 2. The van der Waals surface area contributed by atoms with Crippen LogP contribution in [0, 0.1) is 0 Å². The van der Waals surface area contributed by atoms with Gasteiger partial charge in [0.1, 0.15) is 6.04 Å². The minimum atomic E-state index is -1.03. The number of carbonyl (C=O) groups is 3. The van der Waals surface area contributed by atoms with Crippen molar-refractivity contribution in [3.8, 4) is 0 Å². The summed E-state index contributed by atoms with van der Waals surface area (Å²) >= 11 is 1.51. The average Bonchev–Trinajstić information content (AvgIpc) is 2.25. The van der Waals surface area contributed by atoms with Gasteiger partial charge in [-0.25, -0.2) is 4.79 Å². The summed E-state index contributed by atoms with van der Waals surface area (Å²) in [5.41, 5.74) is 0. The van der Waals surface area contributed by atoms with Crippen molar-refractivity contribution in [2.45, 2.75) is 45.7 Å². The number of hydrogen-bond donors (Lipinski definition) is 3. The van der Waals surface area contributed by atoms with Gasteiger partial charge in [0.05, 0.1) is 0 Å². The molecule has 0 aliphatic carbocycles. The van der Waals surface area contributed by atoms with E-state index in [0.29, 0.717) is 24.3 Å². The fourth-order valence-corrected chi connectivity index (χ4v) is 2.30. The van der Waals surface area contributed by atoms with Crippen LogP contribution in [-0.4, -0.2) is 46.5 Å². The van der Waals surface area contributed by atoms with E-state index in [1.165, 1.54) is 18.7 Å². The molecule has 0 aliphatic heterocycles. The van der Waals surface area contributed by atoms with Gasteiger partial charge < -0.3 is 15.7 Å². The number of aliphatic carboxylic acids is 1. The van der Waals surface area contributed by atoms with E-state index < -0.39 is 12.0 Å². The summed E-state index contributed by atoms with van der Waals surface area (Å²) in [6.07, 6.45) is 0.770. The van der Waals surface area contributed by atoms with E-state index in [2.05, 4.69) is 10.6 Å². The molecule has 6 nitrogen and oxygen atoms in total. The van der Waals surface area contributed by atoms with E-state index in [9.17, 15) is 14.4 Å². The maximum absolute atomic E-state index is 11.3. The number of amides is 2. The SMILES string of the molecule is CC(=O)NC(CCSCCC(=O)NC(C)C)C(=O)O. The lowest BCUT2D eigenvalue weighted by Crippen LogP contribution is -2.39. The Balaban J connectivity index is 3.74. The molecular weight excluding hydrogens is 268 g/mol. The van der Waals surface area contributed by atoms with Crippen LogP contribution in [0.5, 0.6) is 0 Å². The Morgan fingerprint density at radius 3 is 2.26 bits per heavy atom. The molecule has 0 rings (SSSR count). The number of carboxylic acids is 1. The zero-order valence-electron chi connectivity index (χ0n) is 11.6. The van der Waals surface area contributed by atoms with Crippen LogP contribution in [-0.2, 0) is 14.4 Å². The highest BCUT2D eigenvalue weighted by Crippen LogP contribution is 2.07. The van der Waals surface area contributed by atoms with Gasteiger partial charge in [-0.1, -0.05) is 0 Å². The number of carboxylic acid groups (broad SMARTS) is 1. The van der Waals surface area contributed by atoms with E-state index >= 15 is 0 Å². The van der Waals surface area contributed by atoms with Crippen LogP contribution in [0.3, 0.4) is 0 Å². The lowest BCUT2D eigenvalue weighted by atomic mass is 10.2. The topological polar surface area (TPSA) is 95.5 Å². The smallest absolute Gasteiger partial charge is 0.326 e. The van der Waals surface area contributed by atoms with Gasteiger partial charge in [-0.3, -0.25) is 9.59 Å². The fraction of sp³-hybridized carbons (Fsp3) is 0.750. The van der Waals surface area contributed by atoms with Crippen LogP contribution in [0.25, 0.3) is 0 Å². The third kappa shape index (κ3) is 10.4. The van der Waals surface area contributed by atoms with Crippen LogP contribution in [0.2, 0.25) is 0 Å². The molecule has 0 bridgehead atoms. The first-order valence-electron chi connectivity index (χ1n) is 6.20. The third-order valence-corrected chi connectivity index (χ3v) is 3.17. The van der Waals surface area contributed by atoms with Crippen molar-refractivity contribution in [3.05, 3.63) is 0 Å². The second-order valence-electron chi connectivity index (χ2n) is 4.46. The van der Waals surface area contributed by atoms with Gasteiger partial charge in [-0.05, 0) is 26.0 Å². The van der Waals surface area contributed by atoms with Gasteiger partial charge in [-0.15, -0.1) is 0 Å². The maximum atomic E-state index is 11.3. The Labute approximate surface area is 117 Å². The van der Waals surface area contributed by atoms with Gasteiger partial charge in [0.2, 0.25) is 11.8 Å². The molecule has 110 valence electrons. The zero-order valence-corrected chi connectivity index (χ0v) is 12.4. The molecule has 0 aromatic carbocycles. The fourth-order valence-electron chi connectivity index (χ4n) is 1.36. The van der Waals surface area contributed by atoms with E-state index in [1.54, 1.807) is 0 Å². The lowest BCUT2D eigenvalue weighted by molar-refractivity contribution is -0.141. The molecule has 1 atom stereocenters. The molecule has 0 fully saturated rings. The van der Waals surface area contributed by atoms with Crippen LogP contribution in [0.4, 0.5) is 0 Å². The molecule has 7 heteroatoms. The number of thioether (sulfide) groups is 1. The predicted octanol–water partition coefficient (Wildman–Crippen LogP) is 0.614. The van der Waals surface area contributed by atoms with Crippen molar-refractivity contribution < 1.29 is 19.5 Å². The van der Waals surface area contributed by atoms with Crippen molar-refractivity contribution >= 4 is 29.5 Å². The van der Waals surface area contributed by atoms with E-state index in [4.69, 9.17) is 5.11 Å². The molecule has 0 aromatic rings. The molecule has 3 N–H and O–H groups in total. The molecule has 19 heavy (non-hydrogen) atoms. The maximum Gasteiger partial charge on any atom is 0.326 e. The Bertz CT molecular complexity index is 321. The monoisotopic (exact) mass is 290 g/mol. The molecule has 0 radical (unpaired) electrons. The van der Waals surface area contributed by atoms with Gasteiger partial charge in [-0.2, -0.15) is 11.8 Å². The summed E-state index contributed by atoms with van der Waals surface area (Å²) in [5.74, 6) is -0.154.